The summed E-state index contributed by atoms with van der Waals surface area (Å²) in [5, 5.41) is 0. The second-order valence-corrected chi connectivity index (χ2v) is 5.40. The van der Waals surface area contributed by atoms with Gasteiger partial charge in [0.2, 0.25) is 0 Å². The first-order chi connectivity index (χ1) is 9.56. The second-order valence-electron chi connectivity index (χ2n) is 3.84. The van der Waals surface area contributed by atoms with Crippen LogP contribution in [0.15, 0.2) is 24.3 Å². The van der Waals surface area contributed by atoms with Gasteiger partial charge in [0, 0.05) is 6.42 Å². The van der Waals surface area contributed by atoms with Gasteiger partial charge in [0.05, 0.1) is 7.11 Å². The lowest BCUT2D eigenvalue weighted by Crippen LogP contribution is -2.36. The fourth-order valence-corrected chi connectivity index (χ4v) is 1.89. The third-order valence-corrected chi connectivity index (χ3v) is 3.38. The lowest BCUT2D eigenvalue weighted by molar-refractivity contribution is -0.149. The Morgan fingerprint density at radius 1 is 1.24 bits per heavy atom. The van der Waals surface area contributed by atoms with Crippen molar-refractivity contribution in [2.75, 3.05) is 7.11 Å². The maximum Gasteiger partial charge on any atom is 0.523 e. The monoisotopic (exact) mass is 330 g/mol. The Bertz CT molecular complexity index is 594. The molecule has 10 heteroatoms. The predicted molar refractivity (Wildman–Crippen MR) is 62.0 cm³/mol. The molecule has 1 atom stereocenters. The van der Waals surface area contributed by atoms with E-state index in [2.05, 4.69) is 8.92 Å². The first-order valence-electron chi connectivity index (χ1n) is 5.38. The molecule has 0 aromatic heterocycles. The molecule has 0 radical (unpaired) electrons. The summed E-state index contributed by atoms with van der Waals surface area (Å²) >= 11 is 0. The fraction of sp³-hybridized carbons (Fsp3) is 0.364. The molecule has 5 nitrogen and oxygen atoms in total. The van der Waals surface area contributed by atoms with E-state index in [-0.39, 0.29) is 5.56 Å². The number of halogens is 4. The van der Waals surface area contributed by atoms with Crippen molar-refractivity contribution in [3.05, 3.63) is 35.6 Å². The Morgan fingerprint density at radius 2 is 1.76 bits per heavy atom. The van der Waals surface area contributed by atoms with Crippen LogP contribution in [-0.2, 0) is 30.3 Å². The Kier molecular flexibility index (Phi) is 5.29. The molecule has 0 unspecified atom stereocenters. The molecule has 0 N–H and O–H groups in total. The summed E-state index contributed by atoms with van der Waals surface area (Å²) in [6.07, 6.45) is -2.55. The van der Waals surface area contributed by atoms with Crippen LogP contribution < -0.4 is 0 Å². The van der Waals surface area contributed by atoms with Crippen LogP contribution in [0.2, 0.25) is 0 Å². The molecular weight excluding hydrogens is 320 g/mol. The maximum atomic E-state index is 12.7. The van der Waals surface area contributed by atoms with E-state index in [1.807, 2.05) is 0 Å². The van der Waals surface area contributed by atoms with Crippen molar-refractivity contribution in [2.24, 2.45) is 0 Å². The van der Waals surface area contributed by atoms with Crippen LogP contribution in [0.3, 0.4) is 0 Å². The molecule has 1 aromatic rings. The molecule has 118 valence electrons. The number of methoxy groups -OCH3 is 1. The molecule has 0 bridgehead atoms. The molecule has 0 fully saturated rings. The number of benzene rings is 1. The van der Waals surface area contributed by atoms with Gasteiger partial charge < -0.3 is 4.74 Å². The number of esters is 1. The number of carbonyl (C=O) groups is 1. The highest BCUT2D eigenvalue weighted by Crippen LogP contribution is 2.26. The Balaban J connectivity index is 2.97. The van der Waals surface area contributed by atoms with Gasteiger partial charge in [0.15, 0.2) is 6.10 Å². The van der Waals surface area contributed by atoms with E-state index in [9.17, 15) is 30.8 Å². The molecule has 0 aliphatic carbocycles. The van der Waals surface area contributed by atoms with Gasteiger partial charge in [-0.05, 0) is 17.7 Å². The number of hydrogen-bond donors (Lipinski definition) is 0. The largest absolute Gasteiger partial charge is 0.523 e. The normalized spacial score (nSPS) is 13.8. The van der Waals surface area contributed by atoms with Gasteiger partial charge >= 0.3 is 21.6 Å². The molecule has 0 aliphatic rings. The smallest absolute Gasteiger partial charge is 0.467 e. The summed E-state index contributed by atoms with van der Waals surface area (Å²) in [7, 11) is -5.09. The molecule has 0 saturated carbocycles. The van der Waals surface area contributed by atoms with Gasteiger partial charge in [-0.3, -0.25) is 0 Å². The van der Waals surface area contributed by atoms with Gasteiger partial charge in [-0.1, -0.05) is 12.1 Å². The minimum atomic E-state index is -5.96. The first kappa shape index (κ1) is 17.4. The van der Waals surface area contributed by atoms with Crippen LogP contribution in [0.5, 0.6) is 0 Å². The van der Waals surface area contributed by atoms with Crippen LogP contribution >= 0.6 is 0 Å². The average Bonchev–Trinajstić information content (AvgIpc) is 2.38. The number of alkyl halides is 3. The highest BCUT2D eigenvalue weighted by atomic mass is 32.2. The van der Waals surface area contributed by atoms with Crippen LogP contribution in [0.1, 0.15) is 5.56 Å². The summed E-state index contributed by atoms with van der Waals surface area (Å²) in [4.78, 5) is 11.3. The topological polar surface area (TPSA) is 69.7 Å². The highest BCUT2D eigenvalue weighted by molar-refractivity contribution is 7.87. The number of ether oxygens (including phenoxy) is 1. The van der Waals surface area contributed by atoms with E-state index in [0.717, 1.165) is 19.2 Å². The summed E-state index contributed by atoms with van der Waals surface area (Å²) in [6.45, 7) is 0. The molecule has 0 amide bonds. The standard InChI is InChI=1S/C11H10F4O5S/c1-19-10(16)9(20-21(17,18)11(13,14)15)6-7-2-4-8(12)5-3-7/h2-5,9H,6H2,1H3/t9-/m1/s1. The molecule has 0 heterocycles. The second kappa shape index (κ2) is 6.39. The van der Waals surface area contributed by atoms with E-state index in [1.165, 1.54) is 12.1 Å². The zero-order valence-corrected chi connectivity index (χ0v) is 11.4. The zero-order valence-electron chi connectivity index (χ0n) is 10.6. The van der Waals surface area contributed by atoms with Crippen molar-refractivity contribution in [3.8, 4) is 0 Å². The summed E-state index contributed by atoms with van der Waals surface area (Å²) in [6, 6.07) is 4.35. The van der Waals surface area contributed by atoms with E-state index in [0.29, 0.717) is 0 Å². The third kappa shape index (κ3) is 4.67. The molecule has 1 rings (SSSR count). The lowest BCUT2D eigenvalue weighted by Gasteiger charge is -2.16. The van der Waals surface area contributed by atoms with Crippen LogP contribution in [0.4, 0.5) is 17.6 Å². The van der Waals surface area contributed by atoms with Crippen molar-refractivity contribution >= 4 is 16.1 Å². The number of rotatable bonds is 5. The molecular formula is C11H10F4O5S. The molecule has 0 saturated heterocycles. The fourth-order valence-electron chi connectivity index (χ4n) is 1.33. The van der Waals surface area contributed by atoms with Crippen molar-refractivity contribution in [1.29, 1.82) is 0 Å². The zero-order chi connectivity index (χ0) is 16.3. The lowest BCUT2D eigenvalue weighted by atomic mass is 10.1. The quantitative estimate of drug-likeness (QED) is 0.356. The van der Waals surface area contributed by atoms with E-state index < -0.39 is 39.9 Å². The Morgan fingerprint density at radius 3 is 2.19 bits per heavy atom. The predicted octanol–water partition coefficient (Wildman–Crippen LogP) is 1.78. The Hall–Kier alpha value is -1.68. The molecule has 21 heavy (non-hydrogen) atoms. The SMILES string of the molecule is COC(=O)[C@@H](Cc1ccc(F)cc1)OS(=O)(=O)C(F)(F)F. The number of hydrogen-bond acceptors (Lipinski definition) is 5. The Labute approximate surface area is 117 Å². The van der Waals surface area contributed by atoms with Gasteiger partial charge in [-0.2, -0.15) is 21.6 Å². The van der Waals surface area contributed by atoms with Gasteiger partial charge in [-0.25, -0.2) is 13.4 Å². The summed E-state index contributed by atoms with van der Waals surface area (Å²) < 4.78 is 79.3. The van der Waals surface area contributed by atoms with E-state index >= 15 is 0 Å². The van der Waals surface area contributed by atoms with Crippen molar-refractivity contribution in [1.82, 2.24) is 0 Å². The van der Waals surface area contributed by atoms with Gasteiger partial charge in [0.1, 0.15) is 5.82 Å². The van der Waals surface area contributed by atoms with E-state index in [1.54, 1.807) is 0 Å². The summed E-state index contributed by atoms with van der Waals surface area (Å²) in [5.74, 6) is -1.90. The molecule has 0 aliphatic heterocycles. The van der Waals surface area contributed by atoms with Gasteiger partial charge in [0.25, 0.3) is 0 Å². The van der Waals surface area contributed by atoms with Crippen LogP contribution in [0.25, 0.3) is 0 Å². The van der Waals surface area contributed by atoms with Crippen LogP contribution in [-0.4, -0.2) is 33.1 Å². The highest BCUT2D eigenvalue weighted by Gasteiger charge is 2.49. The third-order valence-electron chi connectivity index (χ3n) is 2.32. The number of carbonyl (C=O) groups excluding carboxylic acids is 1. The summed E-state index contributed by atoms with van der Waals surface area (Å²) in [5.41, 5.74) is -5.47. The van der Waals surface area contributed by atoms with Crippen molar-refractivity contribution in [3.63, 3.8) is 0 Å². The minimum absolute atomic E-state index is 0.198. The van der Waals surface area contributed by atoms with E-state index in [4.69, 9.17) is 0 Å². The average molecular weight is 330 g/mol. The first-order valence-corrected chi connectivity index (χ1v) is 6.79. The molecule has 1 aromatic carbocycles. The van der Waals surface area contributed by atoms with Crippen molar-refractivity contribution in [2.45, 2.75) is 18.0 Å². The maximum absolute atomic E-state index is 12.7. The van der Waals surface area contributed by atoms with Crippen molar-refractivity contribution < 1.29 is 39.7 Å². The molecule has 0 spiro atoms. The van der Waals surface area contributed by atoms with Crippen LogP contribution in [0, 0.1) is 5.82 Å². The van der Waals surface area contributed by atoms with Gasteiger partial charge in [-0.15, -0.1) is 0 Å². The minimum Gasteiger partial charge on any atom is -0.467 e.